The zero-order valence-electron chi connectivity index (χ0n) is 10.6. The highest BCUT2D eigenvalue weighted by Crippen LogP contribution is 2.13. The van der Waals surface area contributed by atoms with Gasteiger partial charge in [-0.2, -0.15) is 11.8 Å². The van der Waals surface area contributed by atoms with Crippen molar-refractivity contribution in [2.45, 2.75) is 39.3 Å². The van der Waals surface area contributed by atoms with Crippen molar-refractivity contribution < 1.29 is 0 Å². The van der Waals surface area contributed by atoms with E-state index in [1.165, 1.54) is 25.3 Å². The molecule has 2 atom stereocenters. The Kier molecular flexibility index (Phi) is 6.02. The van der Waals surface area contributed by atoms with E-state index >= 15 is 0 Å². The molecule has 15 heavy (non-hydrogen) atoms. The van der Waals surface area contributed by atoms with E-state index in [2.05, 4.69) is 37.2 Å². The van der Waals surface area contributed by atoms with E-state index in [1.54, 1.807) is 0 Å². The summed E-state index contributed by atoms with van der Waals surface area (Å²) in [4.78, 5) is 2.64. The van der Waals surface area contributed by atoms with Gasteiger partial charge in [-0.3, -0.25) is 4.90 Å². The average molecular weight is 230 g/mol. The minimum absolute atomic E-state index is 0.709. The van der Waals surface area contributed by atoms with Gasteiger partial charge < -0.3 is 5.32 Å². The van der Waals surface area contributed by atoms with Crippen LogP contribution >= 0.6 is 11.8 Å². The Morgan fingerprint density at radius 1 is 1.47 bits per heavy atom. The lowest BCUT2D eigenvalue weighted by Gasteiger charge is -2.39. The lowest BCUT2D eigenvalue weighted by molar-refractivity contribution is 0.140. The van der Waals surface area contributed by atoms with Gasteiger partial charge in [0.1, 0.15) is 0 Å². The molecule has 0 spiro atoms. The van der Waals surface area contributed by atoms with Crippen LogP contribution in [-0.2, 0) is 0 Å². The van der Waals surface area contributed by atoms with Gasteiger partial charge in [0.2, 0.25) is 0 Å². The fraction of sp³-hybridized carbons (Fsp3) is 1.00. The molecular formula is C12H26N2S. The van der Waals surface area contributed by atoms with Crippen LogP contribution in [0.2, 0.25) is 0 Å². The van der Waals surface area contributed by atoms with Crippen molar-refractivity contribution in [1.82, 2.24) is 10.2 Å². The maximum Gasteiger partial charge on any atom is 0.0198 e. The molecule has 3 heteroatoms. The lowest BCUT2D eigenvalue weighted by Crippen LogP contribution is -2.56. The highest BCUT2D eigenvalue weighted by atomic mass is 32.2. The van der Waals surface area contributed by atoms with Crippen LogP contribution in [-0.4, -0.2) is 48.6 Å². The first-order valence-corrected chi connectivity index (χ1v) is 7.49. The highest BCUT2D eigenvalue weighted by molar-refractivity contribution is 7.98. The molecule has 1 saturated heterocycles. The molecular weight excluding hydrogens is 204 g/mol. The molecule has 90 valence electrons. The van der Waals surface area contributed by atoms with Crippen molar-refractivity contribution in [3.8, 4) is 0 Å². The molecule has 0 aromatic heterocycles. The Morgan fingerprint density at radius 3 is 2.80 bits per heavy atom. The van der Waals surface area contributed by atoms with Crippen LogP contribution in [0.15, 0.2) is 0 Å². The number of thioether (sulfide) groups is 1. The Morgan fingerprint density at radius 2 is 2.20 bits per heavy atom. The second-order valence-electron chi connectivity index (χ2n) is 5.07. The SMILES string of the molecule is CSCCN1CC(CC(C)C)NCC1C. The zero-order valence-corrected chi connectivity index (χ0v) is 11.4. The van der Waals surface area contributed by atoms with E-state index in [4.69, 9.17) is 0 Å². The van der Waals surface area contributed by atoms with Crippen LogP contribution in [0.4, 0.5) is 0 Å². The van der Waals surface area contributed by atoms with Crippen molar-refractivity contribution in [2.24, 2.45) is 5.92 Å². The molecule has 0 radical (unpaired) electrons. The Labute approximate surface area is 99.2 Å². The molecule has 0 bridgehead atoms. The first-order valence-electron chi connectivity index (χ1n) is 6.09. The third-order valence-electron chi connectivity index (χ3n) is 3.12. The minimum atomic E-state index is 0.709. The van der Waals surface area contributed by atoms with E-state index in [0.29, 0.717) is 12.1 Å². The number of rotatable bonds is 5. The van der Waals surface area contributed by atoms with Crippen LogP contribution in [0.5, 0.6) is 0 Å². The monoisotopic (exact) mass is 230 g/mol. The van der Waals surface area contributed by atoms with Gasteiger partial charge in [-0.05, 0) is 25.5 Å². The first kappa shape index (κ1) is 13.3. The third-order valence-corrected chi connectivity index (χ3v) is 3.71. The number of nitrogens with one attached hydrogen (secondary N) is 1. The summed E-state index contributed by atoms with van der Waals surface area (Å²) >= 11 is 1.95. The topological polar surface area (TPSA) is 15.3 Å². The summed E-state index contributed by atoms with van der Waals surface area (Å²) in [5, 5.41) is 3.66. The van der Waals surface area contributed by atoms with Gasteiger partial charge in [0.25, 0.3) is 0 Å². The molecule has 2 unspecified atom stereocenters. The quantitative estimate of drug-likeness (QED) is 0.778. The van der Waals surface area contributed by atoms with Gasteiger partial charge >= 0.3 is 0 Å². The predicted molar refractivity (Wildman–Crippen MR) is 70.7 cm³/mol. The van der Waals surface area contributed by atoms with Crippen molar-refractivity contribution in [3.05, 3.63) is 0 Å². The van der Waals surface area contributed by atoms with Crippen molar-refractivity contribution in [1.29, 1.82) is 0 Å². The van der Waals surface area contributed by atoms with Gasteiger partial charge in [0.15, 0.2) is 0 Å². The normalized spacial score (nSPS) is 28.6. The molecule has 1 heterocycles. The molecule has 2 nitrogen and oxygen atoms in total. The largest absolute Gasteiger partial charge is 0.311 e. The van der Waals surface area contributed by atoms with Crippen molar-refractivity contribution in [2.75, 3.05) is 31.6 Å². The lowest BCUT2D eigenvalue weighted by atomic mass is 10.0. The van der Waals surface area contributed by atoms with Gasteiger partial charge in [-0.15, -0.1) is 0 Å². The second kappa shape index (κ2) is 6.77. The molecule has 0 amide bonds. The summed E-state index contributed by atoms with van der Waals surface area (Å²) in [5.41, 5.74) is 0. The zero-order chi connectivity index (χ0) is 11.3. The maximum absolute atomic E-state index is 3.66. The average Bonchev–Trinajstić information content (AvgIpc) is 2.18. The molecule has 0 aromatic rings. The van der Waals surface area contributed by atoms with Gasteiger partial charge in [0.05, 0.1) is 0 Å². The molecule has 0 aromatic carbocycles. The number of nitrogens with zero attached hydrogens (tertiary/aromatic N) is 1. The number of piperazine rings is 1. The highest BCUT2D eigenvalue weighted by Gasteiger charge is 2.24. The third kappa shape index (κ3) is 4.75. The maximum atomic E-state index is 3.66. The van der Waals surface area contributed by atoms with Crippen molar-refractivity contribution >= 4 is 11.8 Å². The minimum Gasteiger partial charge on any atom is -0.311 e. The fourth-order valence-corrected chi connectivity index (χ4v) is 2.66. The van der Waals surface area contributed by atoms with E-state index in [0.717, 1.165) is 12.5 Å². The van der Waals surface area contributed by atoms with Gasteiger partial charge in [0, 0.05) is 37.5 Å². The first-order chi connectivity index (χ1) is 7.13. The summed E-state index contributed by atoms with van der Waals surface area (Å²) in [6.45, 7) is 10.6. The Hall–Kier alpha value is 0.270. The smallest absolute Gasteiger partial charge is 0.0198 e. The summed E-state index contributed by atoms with van der Waals surface area (Å²) in [5.74, 6) is 2.07. The van der Waals surface area contributed by atoms with Crippen LogP contribution in [0.25, 0.3) is 0 Å². The molecule has 1 N–H and O–H groups in total. The standard InChI is InChI=1S/C12H26N2S/c1-10(2)7-12-9-14(5-6-15-4)11(3)8-13-12/h10-13H,5-9H2,1-4H3. The summed E-state index contributed by atoms with van der Waals surface area (Å²) < 4.78 is 0. The Balaban J connectivity index is 2.34. The molecule has 1 rings (SSSR count). The van der Waals surface area contributed by atoms with Crippen molar-refractivity contribution in [3.63, 3.8) is 0 Å². The molecule has 1 aliphatic heterocycles. The van der Waals surface area contributed by atoms with Gasteiger partial charge in [-0.1, -0.05) is 13.8 Å². The molecule has 1 fully saturated rings. The van der Waals surface area contributed by atoms with Crippen LogP contribution < -0.4 is 5.32 Å². The van der Waals surface area contributed by atoms with Gasteiger partial charge in [-0.25, -0.2) is 0 Å². The number of hydrogen-bond acceptors (Lipinski definition) is 3. The van der Waals surface area contributed by atoms with Crippen LogP contribution in [0.3, 0.4) is 0 Å². The van der Waals surface area contributed by atoms with E-state index < -0.39 is 0 Å². The second-order valence-corrected chi connectivity index (χ2v) is 6.06. The fourth-order valence-electron chi connectivity index (χ4n) is 2.24. The number of hydrogen-bond donors (Lipinski definition) is 1. The molecule has 0 aliphatic carbocycles. The molecule has 0 saturated carbocycles. The van der Waals surface area contributed by atoms with E-state index in [-0.39, 0.29) is 0 Å². The predicted octanol–water partition coefficient (Wildman–Crippen LogP) is 2.06. The summed E-state index contributed by atoms with van der Waals surface area (Å²) in [6, 6.07) is 1.42. The van der Waals surface area contributed by atoms with E-state index in [1.807, 2.05) is 11.8 Å². The summed E-state index contributed by atoms with van der Waals surface area (Å²) in [6.07, 6.45) is 3.50. The van der Waals surface area contributed by atoms with Crippen LogP contribution in [0, 0.1) is 5.92 Å². The Bertz CT molecular complexity index is 173. The van der Waals surface area contributed by atoms with E-state index in [9.17, 15) is 0 Å². The molecule has 1 aliphatic rings. The summed E-state index contributed by atoms with van der Waals surface area (Å²) in [7, 11) is 0. The van der Waals surface area contributed by atoms with Crippen LogP contribution in [0.1, 0.15) is 27.2 Å².